The molecule has 0 N–H and O–H groups in total. The van der Waals surface area contributed by atoms with E-state index in [1.54, 1.807) is 9.58 Å². The van der Waals surface area contributed by atoms with Crippen LogP contribution in [0.3, 0.4) is 0 Å². The Kier molecular flexibility index (Phi) is 3.90. The second-order valence-corrected chi connectivity index (χ2v) is 5.63. The first kappa shape index (κ1) is 15.3. The van der Waals surface area contributed by atoms with Gasteiger partial charge in [0.05, 0.1) is 12.8 Å². The lowest BCUT2D eigenvalue weighted by atomic mass is 10.0. The van der Waals surface area contributed by atoms with Crippen molar-refractivity contribution in [3.05, 3.63) is 41.6 Å². The van der Waals surface area contributed by atoms with Gasteiger partial charge in [0.15, 0.2) is 0 Å². The molecule has 0 bridgehead atoms. The number of amides is 1. The van der Waals surface area contributed by atoms with Gasteiger partial charge in [-0.25, -0.2) is 4.79 Å². The first-order chi connectivity index (χ1) is 11.0. The summed E-state index contributed by atoms with van der Waals surface area (Å²) in [4.78, 5) is 26.2. The Morgan fingerprint density at radius 1 is 1.39 bits per heavy atom. The molecule has 6 nitrogen and oxygen atoms in total. The summed E-state index contributed by atoms with van der Waals surface area (Å²) in [6, 6.07) is 7.10. The third kappa shape index (κ3) is 2.60. The van der Waals surface area contributed by atoms with Crippen LogP contribution in [0.1, 0.15) is 29.3 Å². The number of hydrogen-bond donors (Lipinski definition) is 0. The zero-order valence-corrected chi connectivity index (χ0v) is 13.4. The largest absolute Gasteiger partial charge is 0.467 e. The summed E-state index contributed by atoms with van der Waals surface area (Å²) >= 11 is 0. The van der Waals surface area contributed by atoms with Crippen LogP contribution < -0.4 is 0 Å². The van der Waals surface area contributed by atoms with Gasteiger partial charge < -0.3 is 9.64 Å². The molecule has 1 unspecified atom stereocenters. The number of carbonyl (C=O) groups is 2. The Morgan fingerprint density at radius 3 is 2.78 bits per heavy atom. The molecule has 2 heterocycles. The highest BCUT2D eigenvalue weighted by molar-refractivity contribution is 6.01. The van der Waals surface area contributed by atoms with E-state index in [1.807, 2.05) is 44.4 Å². The monoisotopic (exact) mass is 313 g/mol. The van der Waals surface area contributed by atoms with Gasteiger partial charge >= 0.3 is 5.97 Å². The summed E-state index contributed by atoms with van der Waals surface area (Å²) in [7, 11) is 3.20. The van der Waals surface area contributed by atoms with Crippen molar-refractivity contribution in [2.75, 3.05) is 7.11 Å². The Labute approximate surface area is 134 Å². The van der Waals surface area contributed by atoms with Crippen LogP contribution in [0, 0.1) is 0 Å². The van der Waals surface area contributed by atoms with Gasteiger partial charge in [-0.1, -0.05) is 19.1 Å². The van der Waals surface area contributed by atoms with Crippen molar-refractivity contribution >= 4 is 11.9 Å². The number of methoxy groups -OCH3 is 1. The number of fused-ring (bicyclic) bond motifs is 1. The predicted octanol–water partition coefficient (Wildman–Crippen LogP) is 1.99. The van der Waals surface area contributed by atoms with E-state index in [4.69, 9.17) is 4.74 Å². The van der Waals surface area contributed by atoms with E-state index < -0.39 is 6.04 Å². The predicted molar refractivity (Wildman–Crippen MR) is 84.6 cm³/mol. The molecule has 0 fully saturated rings. The number of aromatic nitrogens is 2. The molecule has 6 heteroatoms. The summed E-state index contributed by atoms with van der Waals surface area (Å²) in [5, 5.41) is 4.36. The maximum atomic E-state index is 12.7. The highest BCUT2D eigenvalue weighted by Crippen LogP contribution is 2.29. The molecule has 1 atom stereocenters. The maximum Gasteiger partial charge on any atom is 0.328 e. The van der Waals surface area contributed by atoms with Gasteiger partial charge in [0.25, 0.3) is 5.91 Å². The number of rotatable bonds is 4. The molecule has 1 amide bonds. The highest BCUT2D eigenvalue weighted by atomic mass is 16.5. The third-order valence-corrected chi connectivity index (χ3v) is 4.19. The van der Waals surface area contributed by atoms with Crippen LogP contribution in [0.25, 0.3) is 11.3 Å². The minimum atomic E-state index is -0.543. The summed E-state index contributed by atoms with van der Waals surface area (Å²) in [6.07, 6.45) is 2.39. The van der Waals surface area contributed by atoms with Gasteiger partial charge in [-0.2, -0.15) is 5.10 Å². The number of carbonyl (C=O) groups excluding carboxylic acids is 2. The second-order valence-electron chi connectivity index (χ2n) is 5.63. The fourth-order valence-electron chi connectivity index (χ4n) is 2.95. The molecule has 1 aromatic heterocycles. The van der Waals surface area contributed by atoms with Crippen LogP contribution in [0.15, 0.2) is 30.5 Å². The summed E-state index contributed by atoms with van der Waals surface area (Å²) in [5.41, 5.74) is 3.28. The summed E-state index contributed by atoms with van der Waals surface area (Å²) in [5.74, 6) is -0.506. The lowest BCUT2D eigenvalue weighted by molar-refractivity contribution is -0.146. The van der Waals surface area contributed by atoms with Crippen LogP contribution in [0.4, 0.5) is 0 Å². The Bertz CT molecular complexity index is 766. The second kappa shape index (κ2) is 5.87. The molecular formula is C17H19N3O3. The highest BCUT2D eigenvalue weighted by Gasteiger charge is 2.36. The van der Waals surface area contributed by atoms with Crippen molar-refractivity contribution in [1.29, 1.82) is 0 Å². The van der Waals surface area contributed by atoms with Crippen LogP contribution in [0.5, 0.6) is 0 Å². The van der Waals surface area contributed by atoms with E-state index in [0.717, 1.165) is 16.8 Å². The maximum absolute atomic E-state index is 12.7. The number of benzene rings is 1. The molecule has 120 valence electrons. The first-order valence-corrected chi connectivity index (χ1v) is 7.57. The summed E-state index contributed by atoms with van der Waals surface area (Å²) in [6.45, 7) is 2.31. The zero-order chi connectivity index (χ0) is 16.6. The van der Waals surface area contributed by atoms with Crippen molar-refractivity contribution in [3.63, 3.8) is 0 Å². The third-order valence-electron chi connectivity index (χ3n) is 4.19. The van der Waals surface area contributed by atoms with Crippen molar-refractivity contribution < 1.29 is 14.3 Å². The van der Waals surface area contributed by atoms with E-state index in [-0.39, 0.29) is 11.9 Å². The molecule has 1 aromatic carbocycles. The number of ether oxygens (including phenoxy) is 1. The normalized spacial score (nSPS) is 14.7. The minimum absolute atomic E-state index is 0.130. The van der Waals surface area contributed by atoms with E-state index in [0.29, 0.717) is 18.5 Å². The van der Waals surface area contributed by atoms with E-state index >= 15 is 0 Å². The average Bonchev–Trinajstić information content (AvgIpc) is 3.12. The fraction of sp³-hybridized carbons (Fsp3) is 0.353. The van der Waals surface area contributed by atoms with Crippen LogP contribution in [-0.2, 0) is 23.1 Å². The fourth-order valence-corrected chi connectivity index (χ4v) is 2.95. The standard InChI is InChI=1S/C17H19N3O3/c1-4-15(17(22)23-3)20-10-12-6-5-11(9-13(12)16(20)21)14-7-8-19(2)18-14/h5-9,15H,4,10H2,1-3H3. The molecule has 1 aliphatic rings. The van der Waals surface area contributed by atoms with Gasteiger partial charge in [-0.3, -0.25) is 9.48 Å². The van der Waals surface area contributed by atoms with Gasteiger partial charge in [0.2, 0.25) is 0 Å². The lowest BCUT2D eigenvalue weighted by Gasteiger charge is -2.24. The van der Waals surface area contributed by atoms with Gasteiger partial charge in [0.1, 0.15) is 6.04 Å². The quantitative estimate of drug-likeness (QED) is 0.810. The molecule has 1 aliphatic heterocycles. The molecule has 0 saturated carbocycles. The van der Waals surface area contributed by atoms with Gasteiger partial charge in [-0.05, 0) is 24.1 Å². The Balaban J connectivity index is 1.92. The zero-order valence-electron chi connectivity index (χ0n) is 13.4. The Hall–Kier alpha value is -2.63. The molecular weight excluding hydrogens is 294 g/mol. The topological polar surface area (TPSA) is 64.4 Å². The smallest absolute Gasteiger partial charge is 0.328 e. The SMILES string of the molecule is CCC(C(=O)OC)N1Cc2ccc(-c3ccn(C)n3)cc2C1=O. The average molecular weight is 313 g/mol. The van der Waals surface area contributed by atoms with Crippen molar-refractivity contribution in [2.45, 2.75) is 25.9 Å². The van der Waals surface area contributed by atoms with E-state index in [1.165, 1.54) is 7.11 Å². The molecule has 0 radical (unpaired) electrons. The number of aryl methyl sites for hydroxylation is 1. The summed E-state index contributed by atoms with van der Waals surface area (Å²) < 4.78 is 6.54. The number of nitrogens with zero attached hydrogens (tertiary/aromatic N) is 3. The van der Waals surface area contributed by atoms with Crippen molar-refractivity contribution in [3.8, 4) is 11.3 Å². The van der Waals surface area contributed by atoms with E-state index in [2.05, 4.69) is 5.10 Å². The molecule has 0 saturated heterocycles. The van der Waals surface area contributed by atoms with Crippen LogP contribution >= 0.6 is 0 Å². The van der Waals surface area contributed by atoms with Crippen molar-refractivity contribution in [1.82, 2.24) is 14.7 Å². The molecule has 23 heavy (non-hydrogen) atoms. The van der Waals surface area contributed by atoms with Gasteiger partial charge in [0, 0.05) is 30.9 Å². The van der Waals surface area contributed by atoms with Crippen LogP contribution in [-0.4, -0.2) is 39.7 Å². The molecule has 3 rings (SSSR count). The van der Waals surface area contributed by atoms with Gasteiger partial charge in [-0.15, -0.1) is 0 Å². The lowest BCUT2D eigenvalue weighted by Crippen LogP contribution is -2.41. The molecule has 2 aromatic rings. The minimum Gasteiger partial charge on any atom is -0.467 e. The number of esters is 1. The van der Waals surface area contributed by atoms with Crippen LogP contribution in [0.2, 0.25) is 0 Å². The molecule has 0 aliphatic carbocycles. The van der Waals surface area contributed by atoms with E-state index in [9.17, 15) is 9.59 Å². The van der Waals surface area contributed by atoms with Crippen molar-refractivity contribution in [2.24, 2.45) is 7.05 Å². The number of hydrogen-bond acceptors (Lipinski definition) is 4. The molecule has 0 spiro atoms. The Morgan fingerprint density at radius 2 is 2.17 bits per heavy atom. The first-order valence-electron chi connectivity index (χ1n) is 7.57.